The minimum absolute atomic E-state index is 0.0769. The maximum atomic E-state index is 12.5. The third-order valence-electron chi connectivity index (χ3n) is 3.79. The Bertz CT molecular complexity index is 1310. The molecule has 0 amide bonds. The van der Waals surface area contributed by atoms with Crippen LogP contribution in [0, 0.1) is 6.92 Å². The predicted octanol–water partition coefficient (Wildman–Crippen LogP) is 3.12. The van der Waals surface area contributed by atoms with Crippen LogP contribution in [-0.4, -0.2) is 48.1 Å². The van der Waals surface area contributed by atoms with Crippen molar-refractivity contribution >= 4 is 32.0 Å². The first-order valence-electron chi connectivity index (χ1n) is 11.4. The monoisotopic (exact) mass is 526 g/mol. The molecular weight excluding hydrogens is 500 g/mol. The Morgan fingerprint density at radius 2 is 1.84 bits per heavy atom. The second-order valence-corrected chi connectivity index (χ2v) is 8.71. The van der Waals surface area contributed by atoms with Crippen LogP contribution in [0.3, 0.4) is 0 Å². The fourth-order valence-corrected chi connectivity index (χ4v) is 3.60. The van der Waals surface area contributed by atoms with Gasteiger partial charge in [-0.15, -0.1) is 0 Å². The molecule has 0 unspecified atom stereocenters. The van der Waals surface area contributed by atoms with Gasteiger partial charge >= 0.3 is 6.01 Å². The van der Waals surface area contributed by atoms with Crippen molar-refractivity contribution in [3.63, 3.8) is 0 Å². The number of benzene rings is 1. The molecule has 170 valence electrons. The van der Waals surface area contributed by atoms with Crippen molar-refractivity contribution < 1.29 is 23.4 Å². The van der Waals surface area contributed by atoms with Gasteiger partial charge in [0, 0.05) is 23.4 Å². The van der Waals surface area contributed by atoms with E-state index in [0.29, 0.717) is 12.0 Å². The minimum atomic E-state index is -3.95. The smallest absolute Gasteiger partial charge is 0.316 e. The van der Waals surface area contributed by atoms with Gasteiger partial charge in [-0.25, -0.2) is 19.9 Å². The van der Waals surface area contributed by atoms with E-state index in [0.717, 1.165) is 10.8 Å². The molecule has 32 heavy (non-hydrogen) atoms. The van der Waals surface area contributed by atoms with Crippen molar-refractivity contribution in [1.82, 2.24) is 24.7 Å². The van der Waals surface area contributed by atoms with E-state index < -0.39 is 29.4 Å². The van der Waals surface area contributed by atoms with Crippen LogP contribution in [0.2, 0.25) is 0 Å². The van der Waals surface area contributed by atoms with Crippen LogP contribution >= 0.6 is 15.9 Å². The first-order chi connectivity index (χ1) is 16.9. The highest BCUT2D eigenvalue weighted by molar-refractivity contribution is 9.10. The molecular formula is C20H23BrN6O4S. The SMILES string of the molecule is [2H]c1nc(OC([2H])([2H])COc2ncnc(NS(=O)(=O)NCCC)c2-c2ccc(Br)cc2)nc([2H])c1C. The topological polar surface area (TPSA) is 128 Å². The quantitative estimate of drug-likeness (QED) is 0.389. The van der Waals surface area contributed by atoms with Crippen LogP contribution in [0.1, 0.15) is 24.4 Å². The summed E-state index contributed by atoms with van der Waals surface area (Å²) in [7, 11) is -3.95. The summed E-state index contributed by atoms with van der Waals surface area (Å²) in [6.45, 7) is 0.342. The molecule has 0 radical (unpaired) electrons. The normalized spacial score (nSPS) is 13.5. The van der Waals surface area contributed by atoms with Crippen molar-refractivity contribution in [2.45, 2.75) is 20.3 Å². The van der Waals surface area contributed by atoms with Crippen LogP contribution in [0.25, 0.3) is 11.1 Å². The molecule has 0 saturated heterocycles. The summed E-state index contributed by atoms with van der Waals surface area (Å²) in [5.74, 6) is -0.188. The number of aromatic nitrogens is 4. The van der Waals surface area contributed by atoms with Crippen molar-refractivity contribution in [1.29, 1.82) is 0 Å². The lowest BCUT2D eigenvalue weighted by Gasteiger charge is -2.15. The van der Waals surface area contributed by atoms with Crippen molar-refractivity contribution in [2.24, 2.45) is 0 Å². The number of nitrogens with one attached hydrogen (secondary N) is 2. The van der Waals surface area contributed by atoms with Gasteiger partial charge in [0.2, 0.25) is 5.88 Å². The van der Waals surface area contributed by atoms with Crippen LogP contribution in [-0.2, 0) is 10.2 Å². The van der Waals surface area contributed by atoms with Gasteiger partial charge in [0.15, 0.2) is 5.82 Å². The maximum Gasteiger partial charge on any atom is 0.316 e. The molecule has 1 aromatic carbocycles. The van der Waals surface area contributed by atoms with E-state index in [1.54, 1.807) is 24.3 Å². The molecule has 10 nitrogen and oxygen atoms in total. The molecule has 0 atom stereocenters. The van der Waals surface area contributed by atoms with Gasteiger partial charge in [0.1, 0.15) is 19.5 Å². The number of hydrogen-bond acceptors (Lipinski definition) is 8. The zero-order chi connectivity index (χ0) is 26.5. The Balaban J connectivity index is 1.91. The van der Waals surface area contributed by atoms with Crippen LogP contribution < -0.4 is 18.9 Å². The van der Waals surface area contributed by atoms with E-state index in [1.165, 1.54) is 6.92 Å². The average Bonchev–Trinajstić information content (AvgIpc) is 2.80. The Kier molecular flexibility index (Phi) is 6.53. The van der Waals surface area contributed by atoms with Gasteiger partial charge in [-0.05, 0) is 36.6 Å². The molecule has 3 rings (SSSR count). The Labute approximate surface area is 200 Å². The summed E-state index contributed by atoms with van der Waals surface area (Å²) in [5.41, 5.74) is 0.905. The molecule has 0 spiro atoms. The molecule has 0 aliphatic carbocycles. The van der Waals surface area contributed by atoms with E-state index in [2.05, 4.69) is 45.3 Å². The average molecular weight is 527 g/mol. The summed E-state index contributed by atoms with van der Waals surface area (Å²) < 4.78 is 72.9. The van der Waals surface area contributed by atoms with Crippen LogP contribution in [0.4, 0.5) is 5.82 Å². The fourth-order valence-electron chi connectivity index (χ4n) is 2.38. The van der Waals surface area contributed by atoms with Crippen LogP contribution in [0.5, 0.6) is 11.9 Å². The lowest BCUT2D eigenvalue weighted by Crippen LogP contribution is -2.31. The number of halogens is 1. The number of anilines is 1. The highest BCUT2D eigenvalue weighted by atomic mass is 79.9. The van der Waals surface area contributed by atoms with E-state index in [1.807, 2.05) is 6.92 Å². The second kappa shape index (κ2) is 11.2. The van der Waals surface area contributed by atoms with Gasteiger partial charge < -0.3 is 9.47 Å². The minimum Gasteiger partial charge on any atom is -0.473 e. The molecule has 2 aromatic heterocycles. The third kappa shape index (κ3) is 6.84. The standard InChI is InChI=1S/C20H23BrN6O4S/c1-3-8-26-32(28,29)27-18-17(15-4-6-16(21)7-5-15)19(25-13-24-18)30-9-10-31-20-22-11-14(2)12-23-20/h4-7,11-13,26H,3,8-10H2,1-2H3,(H,24,25,27)/i10D2,11D,12D. The summed E-state index contributed by atoms with van der Waals surface area (Å²) in [6.07, 6.45) is 1.14. The summed E-state index contributed by atoms with van der Waals surface area (Å²) in [6, 6.07) is 6.34. The Hall–Kier alpha value is -2.83. The summed E-state index contributed by atoms with van der Waals surface area (Å²) in [4.78, 5) is 15.6. The van der Waals surface area contributed by atoms with E-state index in [-0.39, 0.29) is 41.7 Å². The van der Waals surface area contributed by atoms with E-state index in [4.69, 9.17) is 15.0 Å². The number of rotatable bonds is 11. The van der Waals surface area contributed by atoms with Crippen molar-refractivity contribution in [3.8, 4) is 23.0 Å². The molecule has 0 fully saturated rings. The van der Waals surface area contributed by atoms with E-state index >= 15 is 0 Å². The largest absolute Gasteiger partial charge is 0.473 e. The highest BCUT2D eigenvalue weighted by Crippen LogP contribution is 2.34. The summed E-state index contributed by atoms with van der Waals surface area (Å²) in [5, 5.41) is 0. The second-order valence-electron chi connectivity index (χ2n) is 6.30. The molecule has 0 saturated carbocycles. The highest BCUT2D eigenvalue weighted by Gasteiger charge is 2.19. The van der Waals surface area contributed by atoms with Gasteiger partial charge in [-0.1, -0.05) is 35.0 Å². The molecule has 12 heteroatoms. The molecule has 0 aliphatic heterocycles. The van der Waals surface area contributed by atoms with Gasteiger partial charge in [0.05, 0.1) is 11.0 Å². The van der Waals surface area contributed by atoms with Crippen molar-refractivity contribution in [3.05, 3.63) is 53.0 Å². The number of hydrogen-bond donors (Lipinski definition) is 2. The van der Waals surface area contributed by atoms with Gasteiger partial charge in [-0.2, -0.15) is 13.1 Å². The number of ether oxygens (including phenoxy) is 2. The fraction of sp³-hybridized carbons (Fsp3) is 0.300. The number of nitrogens with zero attached hydrogens (tertiary/aromatic N) is 4. The third-order valence-corrected chi connectivity index (χ3v) is 5.36. The first-order valence-corrected chi connectivity index (χ1v) is 11.7. The van der Waals surface area contributed by atoms with Gasteiger partial charge in [-0.3, -0.25) is 4.72 Å². The Morgan fingerprint density at radius 3 is 2.53 bits per heavy atom. The van der Waals surface area contributed by atoms with Gasteiger partial charge in [0.25, 0.3) is 10.2 Å². The first kappa shape index (κ1) is 18.7. The zero-order valence-corrected chi connectivity index (χ0v) is 19.6. The van der Waals surface area contributed by atoms with Crippen molar-refractivity contribution in [2.75, 3.05) is 24.4 Å². The van der Waals surface area contributed by atoms with E-state index in [9.17, 15) is 8.42 Å². The molecule has 2 N–H and O–H groups in total. The molecule has 0 bridgehead atoms. The zero-order valence-electron chi connectivity index (χ0n) is 21.2. The predicted molar refractivity (Wildman–Crippen MR) is 124 cm³/mol. The van der Waals surface area contributed by atoms with Crippen LogP contribution in [0.15, 0.2) is 47.4 Å². The Morgan fingerprint density at radius 1 is 1.12 bits per heavy atom. The molecule has 2 heterocycles. The lowest BCUT2D eigenvalue weighted by atomic mass is 10.1. The maximum absolute atomic E-state index is 12.5. The lowest BCUT2D eigenvalue weighted by molar-refractivity contribution is 0.202. The molecule has 3 aromatic rings. The molecule has 0 aliphatic rings. The summed E-state index contributed by atoms with van der Waals surface area (Å²) >= 11 is 3.35.